The second-order valence-electron chi connectivity index (χ2n) is 16.5. The van der Waals surface area contributed by atoms with Crippen molar-refractivity contribution in [2.45, 2.75) is 102 Å². The average Bonchev–Trinajstić information content (AvgIpc) is 4.01. The molecule has 57 heavy (non-hydrogen) atoms. The molecule has 0 bridgehead atoms. The Bertz CT molecular complexity index is 2300. The van der Waals surface area contributed by atoms with Crippen LogP contribution in [0.2, 0.25) is 0 Å². The molecule has 0 aliphatic carbocycles. The number of H-pyrrole nitrogens is 2. The lowest BCUT2D eigenvalue weighted by Crippen LogP contribution is -2.50. The van der Waals surface area contributed by atoms with Gasteiger partial charge in [-0.25, -0.2) is 27.5 Å². The third-order valence-corrected chi connectivity index (χ3v) is 11.8. The summed E-state index contributed by atoms with van der Waals surface area (Å²) in [6.07, 6.45) is 1.25. The van der Waals surface area contributed by atoms with E-state index in [1.165, 1.54) is 4.90 Å². The number of aromatic nitrogens is 5. The van der Waals surface area contributed by atoms with Gasteiger partial charge in [0.2, 0.25) is 5.91 Å². The molecular formula is C41H49F4N9O3. The van der Waals surface area contributed by atoms with Gasteiger partial charge >= 0.3 is 0 Å². The molecule has 5 aromatic rings. The maximum absolute atomic E-state index is 14.7. The van der Waals surface area contributed by atoms with Gasteiger partial charge in [-0.15, -0.1) is 0 Å². The summed E-state index contributed by atoms with van der Waals surface area (Å²) in [4.78, 5) is 31.0. The molecule has 1 amide bonds. The zero-order valence-electron chi connectivity index (χ0n) is 32.5. The normalized spacial score (nSPS) is 23.2. The second-order valence-corrected chi connectivity index (χ2v) is 16.5. The van der Waals surface area contributed by atoms with E-state index >= 15 is 0 Å². The van der Waals surface area contributed by atoms with Gasteiger partial charge in [0.1, 0.15) is 23.6 Å². The van der Waals surface area contributed by atoms with Crippen molar-refractivity contribution < 1.29 is 32.2 Å². The number of hydrogen-bond donors (Lipinski definition) is 5. The first kappa shape index (κ1) is 39.1. The molecule has 3 aromatic heterocycles. The number of carbonyl (C=O) groups is 1. The summed E-state index contributed by atoms with van der Waals surface area (Å²) in [6.45, 7) is 7.96. The molecule has 2 aromatic carbocycles. The fourth-order valence-electron chi connectivity index (χ4n) is 8.40. The number of aliphatic hydroxyl groups is 1. The Kier molecular flexibility index (Phi) is 9.77. The average molecular weight is 792 g/mol. The Morgan fingerprint density at radius 1 is 0.895 bits per heavy atom. The number of aromatic amines is 2. The first-order valence-electron chi connectivity index (χ1n) is 19.5. The van der Waals surface area contributed by atoms with Gasteiger partial charge < -0.3 is 40.7 Å². The predicted octanol–water partition coefficient (Wildman–Crippen LogP) is 6.97. The van der Waals surface area contributed by atoms with Gasteiger partial charge in [-0.3, -0.25) is 9.69 Å². The third-order valence-electron chi connectivity index (χ3n) is 11.8. The van der Waals surface area contributed by atoms with E-state index in [2.05, 4.69) is 30.6 Å². The molecule has 3 aliphatic rings. The van der Waals surface area contributed by atoms with E-state index < -0.39 is 74.1 Å². The molecule has 6 atom stereocenters. The molecule has 2 saturated heterocycles. The minimum Gasteiger partial charge on any atom is -0.469 e. The topological polar surface area (TPSA) is 167 Å². The van der Waals surface area contributed by atoms with Gasteiger partial charge in [-0.1, -0.05) is 46.8 Å². The van der Waals surface area contributed by atoms with Crippen LogP contribution >= 0.6 is 0 Å². The summed E-state index contributed by atoms with van der Waals surface area (Å²) in [7, 11) is 0. The number of imidazole rings is 2. The molecule has 6 heterocycles. The van der Waals surface area contributed by atoms with Crippen LogP contribution in [0, 0.1) is 11.8 Å². The van der Waals surface area contributed by atoms with Gasteiger partial charge in [0, 0.05) is 47.4 Å². The van der Waals surface area contributed by atoms with E-state index in [9.17, 15) is 27.5 Å². The van der Waals surface area contributed by atoms with Crippen molar-refractivity contribution in [3.8, 4) is 39.5 Å². The zero-order chi connectivity index (χ0) is 40.7. The van der Waals surface area contributed by atoms with Crippen molar-refractivity contribution in [1.82, 2.24) is 34.3 Å². The summed E-state index contributed by atoms with van der Waals surface area (Å²) in [5.74, 6) is -5.65. The first-order chi connectivity index (χ1) is 26.9. The van der Waals surface area contributed by atoms with Gasteiger partial charge in [0.25, 0.3) is 11.8 Å². The Morgan fingerprint density at radius 3 is 2.16 bits per heavy atom. The molecule has 0 spiro atoms. The lowest BCUT2D eigenvalue weighted by Gasteiger charge is -2.33. The van der Waals surface area contributed by atoms with Gasteiger partial charge in [0.15, 0.2) is 6.23 Å². The molecule has 3 aliphatic heterocycles. The lowest BCUT2D eigenvalue weighted by atomic mass is 10.0. The summed E-state index contributed by atoms with van der Waals surface area (Å²) in [5, 5.41) is 11.9. The number of likely N-dealkylation sites (tertiary alicyclic amines) is 2. The highest BCUT2D eigenvalue weighted by Gasteiger charge is 2.51. The number of nitrogens with two attached hydrogens (primary N) is 2. The van der Waals surface area contributed by atoms with Crippen LogP contribution in [-0.2, 0) is 4.79 Å². The fraction of sp³-hybridized carbons (Fsp3) is 0.488. The number of alkyl halides is 4. The van der Waals surface area contributed by atoms with E-state index in [-0.39, 0.29) is 23.9 Å². The number of fused-ring (bicyclic) bond motifs is 5. The highest BCUT2D eigenvalue weighted by atomic mass is 19.3. The number of nitrogens with zero attached hydrogens (tertiary/aromatic N) is 5. The number of aliphatic hydroxyl groups excluding tert-OH is 1. The second kappa shape index (κ2) is 14.3. The number of carbonyl (C=O) groups excluding carboxylic acids is 1. The van der Waals surface area contributed by atoms with E-state index in [1.807, 2.05) is 57.2 Å². The summed E-state index contributed by atoms with van der Waals surface area (Å²) >= 11 is 0. The highest BCUT2D eigenvalue weighted by Crippen LogP contribution is 2.47. The standard InChI is InChI=1S/C41H49F4N9O3/c1-6-33-54-28-10-8-22(26-16-48-36(50-26)30-14-40(42,43)18-52(30)38(55)34(46)20(2)3)11-24(28)12-29(54)25-9-7-23(13-32(25)57-33)27-17-49-37(51-27)31-15-41(44,45)19-53(31)39(56)35(47)21(4)5/h7-13,16-17,20-21,30-31,33-35,39,56H,6,14-15,18-19,46-47H2,1-5H3,(H,48,50)(H,49,51). The number of nitrogens with one attached hydrogen (secondary N) is 2. The zero-order valence-corrected chi connectivity index (χ0v) is 32.5. The predicted molar refractivity (Wildman–Crippen MR) is 207 cm³/mol. The van der Waals surface area contributed by atoms with Gasteiger partial charge in [-0.05, 0) is 42.2 Å². The Hall–Kier alpha value is -4.77. The first-order valence-corrected chi connectivity index (χ1v) is 19.5. The van der Waals surface area contributed by atoms with E-state index in [0.717, 1.165) is 38.2 Å². The van der Waals surface area contributed by atoms with Crippen molar-refractivity contribution in [2.24, 2.45) is 23.3 Å². The van der Waals surface area contributed by atoms with Crippen LogP contribution in [0.5, 0.6) is 5.75 Å². The molecule has 2 fully saturated rings. The van der Waals surface area contributed by atoms with Crippen molar-refractivity contribution in [2.75, 3.05) is 13.1 Å². The molecule has 0 saturated carbocycles. The van der Waals surface area contributed by atoms with Crippen LogP contribution in [-0.4, -0.2) is 88.6 Å². The van der Waals surface area contributed by atoms with Crippen molar-refractivity contribution in [3.05, 3.63) is 66.5 Å². The molecule has 16 heteroatoms. The van der Waals surface area contributed by atoms with Crippen molar-refractivity contribution in [3.63, 3.8) is 0 Å². The van der Waals surface area contributed by atoms with Crippen molar-refractivity contribution in [1.29, 1.82) is 0 Å². The largest absolute Gasteiger partial charge is 0.469 e. The van der Waals surface area contributed by atoms with Crippen LogP contribution < -0.4 is 16.2 Å². The number of rotatable bonds is 10. The maximum atomic E-state index is 14.7. The summed E-state index contributed by atoms with van der Waals surface area (Å²) in [5.41, 5.74) is 17.8. The Labute approximate surface area is 327 Å². The van der Waals surface area contributed by atoms with Crippen LogP contribution in [0.4, 0.5) is 17.6 Å². The number of halogens is 4. The molecule has 6 unspecified atom stereocenters. The van der Waals surface area contributed by atoms with Crippen LogP contribution in [0.3, 0.4) is 0 Å². The molecule has 304 valence electrons. The summed E-state index contributed by atoms with van der Waals surface area (Å²) < 4.78 is 67.5. The minimum atomic E-state index is -3.06. The monoisotopic (exact) mass is 791 g/mol. The minimum absolute atomic E-state index is 0.114. The Balaban J connectivity index is 1.07. The van der Waals surface area contributed by atoms with E-state index in [4.69, 9.17) is 16.2 Å². The molecule has 8 rings (SSSR count). The molecule has 0 radical (unpaired) electrons. The van der Waals surface area contributed by atoms with Crippen LogP contribution in [0.15, 0.2) is 54.9 Å². The Morgan fingerprint density at radius 2 is 1.51 bits per heavy atom. The fourth-order valence-corrected chi connectivity index (χ4v) is 8.40. The number of benzene rings is 2. The summed E-state index contributed by atoms with van der Waals surface area (Å²) in [6, 6.07) is 10.4. The van der Waals surface area contributed by atoms with Gasteiger partial charge in [0.05, 0.1) is 66.2 Å². The smallest absolute Gasteiger partial charge is 0.267 e. The number of amides is 1. The van der Waals surface area contributed by atoms with E-state index in [0.29, 0.717) is 29.4 Å². The maximum Gasteiger partial charge on any atom is 0.267 e. The molecular weight excluding hydrogens is 743 g/mol. The van der Waals surface area contributed by atoms with Crippen LogP contribution in [0.25, 0.3) is 44.7 Å². The lowest BCUT2D eigenvalue weighted by molar-refractivity contribution is -0.135. The SMILES string of the molecule is CCC1Oc2cc(-c3cnc(C4CC(F)(F)CN4C(O)C(N)C(C)C)[nH]3)ccc2-c2cc3cc(-c4cnc(C5CC(F)(F)CN5C(=O)C(N)C(C)C)[nH]4)ccc3n21. The highest BCUT2D eigenvalue weighted by molar-refractivity contribution is 5.92. The molecule has 12 nitrogen and oxygen atoms in total. The molecule has 7 N–H and O–H groups in total. The van der Waals surface area contributed by atoms with Crippen LogP contribution in [0.1, 0.15) is 83.8 Å². The van der Waals surface area contributed by atoms with E-state index in [1.54, 1.807) is 26.2 Å². The number of hydrogen-bond acceptors (Lipinski definition) is 8. The van der Waals surface area contributed by atoms with Gasteiger partial charge in [-0.2, -0.15) is 0 Å². The quantitative estimate of drug-likeness (QED) is 0.0947. The third kappa shape index (κ3) is 6.99. The van der Waals surface area contributed by atoms with Crippen molar-refractivity contribution >= 4 is 16.8 Å². The number of ether oxygens (including phenoxy) is 1.